The van der Waals surface area contributed by atoms with Crippen LogP contribution in [0.25, 0.3) is 0 Å². The maximum Gasteiger partial charge on any atom is 0.249 e. The van der Waals surface area contributed by atoms with Crippen molar-refractivity contribution in [2.45, 2.75) is 46.5 Å². The summed E-state index contributed by atoms with van der Waals surface area (Å²) >= 11 is 0. The lowest BCUT2D eigenvalue weighted by Gasteiger charge is -2.32. The summed E-state index contributed by atoms with van der Waals surface area (Å²) in [5.41, 5.74) is 1.47. The van der Waals surface area contributed by atoms with Crippen molar-refractivity contribution >= 4 is 11.9 Å². The first-order valence-electron chi connectivity index (χ1n) is 7.33. The number of nitrogens with one attached hydrogen (secondary N) is 2. The highest BCUT2D eigenvalue weighted by Gasteiger charge is 2.35. The number of carbonyl (C=O) groups excluding carboxylic acids is 1. The fourth-order valence-corrected chi connectivity index (χ4v) is 2.45. The van der Waals surface area contributed by atoms with Crippen LogP contribution in [0.3, 0.4) is 0 Å². The summed E-state index contributed by atoms with van der Waals surface area (Å²) in [4.78, 5) is 16.8. The van der Waals surface area contributed by atoms with Crippen molar-refractivity contribution in [2.75, 3.05) is 18.4 Å². The fourth-order valence-electron chi connectivity index (χ4n) is 2.45. The Hall–Kier alpha value is -1.56. The van der Waals surface area contributed by atoms with E-state index in [1.807, 2.05) is 20.8 Å². The van der Waals surface area contributed by atoms with Crippen molar-refractivity contribution in [2.24, 2.45) is 5.41 Å². The molecule has 0 aliphatic carbocycles. The number of piperidine rings is 1. The molecule has 0 atom stereocenters. The molecule has 1 aliphatic rings. The molecule has 1 aromatic heterocycles. The molecule has 20 heavy (non-hydrogen) atoms. The van der Waals surface area contributed by atoms with Gasteiger partial charge in [0, 0.05) is 5.41 Å². The maximum atomic E-state index is 12.4. The van der Waals surface area contributed by atoms with Gasteiger partial charge in [0.25, 0.3) is 0 Å². The van der Waals surface area contributed by atoms with E-state index in [0.29, 0.717) is 5.95 Å². The lowest BCUT2D eigenvalue weighted by molar-refractivity contribution is -0.126. The zero-order valence-corrected chi connectivity index (χ0v) is 12.5. The molecule has 0 saturated carbocycles. The van der Waals surface area contributed by atoms with Crippen LogP contribution in [0.2, 0.25) is 0 Å². The number of anilines is 1. The van der Waals surface area contributed by atoms with E-state index in [0.717, 1.165) is 50.2 Å². The molecule has 1 aliphatic heterocycles. The minimum atomic E-state index is -0.343. The van der Waals surface area contributed by atoms with E-state index >= 15 is 0 Å². The molecular formula is C14H23N5O. The van der Waals surface area contributed by atoms with Gasteiger partial charge >= 0.3 is 0 Å². The molecule has 1 saturated heterocycles. The highest BCUT2D eigenvalue weighted by atomic mass is 16.2. The Labute approximate surface area is 119 Å². The van der Waals surface area contributed by atoms with Gasteiger partial charge in [0.1, 0.15) is 0 Å². The summed E-state index contributed by atoms with van der Waals surface area (Å²) in [7, 11) is 0. The number of amides is 1. The predicted octanol–water partition coefficient (Wildman–Crippen LogP) is 1.32. The summed E-state index contributed by atoms with van der Waals surface area (Å²) < 4.78 is 0. The van der Waals surface area contributed by atoms with Gasteiger partial charge in [0.2, 0.25) is 11.9 Å². The molecule has 2 N–H and O–H groups in total. The monoisotopic (exact) mass is 277 g/mol. The van der Waals surface area contributed by atoms with Crippen LogP contribution in [0.4, 0.5) is 5.95 Å². The molecular weight excluding hydrogens is 254 g/mol. The van der Waals surface area contributed by atoms with Crippen molar-refractivity contribution in [3.63, 3.8) is 0 Å². The van der Waals surface area contributed by atoms with E-state index in [1.54, 1.807) is 0 Å². The van der Waals surface area contributed by atoms with E-state index in [4.69, 9.17) is 0 Å². The Morgan fingerprint density at radius 1 is 1.20 bits per heavy atom. The van der Waals surface area contributed by atoms with E-state index < -0.39 is 0 Å². The van der Waals surface area contributed by atoms with Crippen molar-refractivity contribution in [1.29, 1.82) is 0 Å². The minimum Gasteiger partial charge on any atom is -0.317 e. The molecule has 0 bridgehead atoms. The topological polar surface area (TPSA) is 79.8 Å². The van der Waals surface area contributed by atoms with Gasteiger partial charge in [0.05, 0.1) is 11.4 Å². The van der Waals surface area contributed by atoms with Crippen LogP contribution in [-0.4, -0.2) is 34.2 Å². The largest absolute Gasteiger partial charge is 0.317 e. The average molecular weight is 277 g/mol. The fraction of sp³-hybridized carbons (Fsp3) is 0.714. The zero-order chi connectivity index (χ0) is 14.6. The predicted molar refractivity (Wildman–Crippen MR) is 77.4 cm³/mol. The van der Waals surface area contributed by atoms with Crippen LogP contribution in [-0.2, 0) is 17.6 Å². The Morgan fingerprint density at radius 2 is 1.85 bits per heavy atom. The third kappa shape index (κ3) is 3.12. The first-order valence-corrected chi connectivity index (χ1v) is 7.33. The summed E-state index contributed by atoms with van der Waals surface area (Å²) in [5, 5.41) is 14.3. The number of nitrogens with zero attached hydrogens (tertiary/aromatic N) is 3. The summed E-state index contributed by atoms with van der Waals surface area (Å²) in [6.07, 6.45) is 3.27. The SMILES string of the molecule is CCc1nnc(NC(=O)C2(C)CCNCC2)nc1CC. The molecule has 6 nitrogen and oxygen atoms in total. The van der Waals surface area contributed by atoms with Crippen molar-refractivity contribution in [3.8, 4) is 0 Å². The Kier molecular flexibility index (Phi) is 4.65. The van der Waals surface area contributed by atoms with E-state index in [-0.39, 0.29) is 11.3 Å². The smallest absolute Gasteiger partial charge is 0.249 e. The molecule has 1 aromatic rings. The summed E-state index contributed by atoms with van der Waals surface area (Å²) in [6.45, 7) is 7.80. The number of aromatic nitrogens is 3. The van der Waals surface area contributed by atoms with E-state index in [2.05, 4.69) is 25.8 Å². The zero-order valence-electron chi connectivity index (χ0n) is 12.5. The highest BCUT2D eigenvalue weighted by Crippen LogP contribution is 2.29. The second-order valence-corrected chi connectivity index (χ2v) is 5.50. The van der Waals surface area contributed by atoms with Gasteiger partial charge in [-0.3, -0.25) is 10.1 Å². The normalized spacial score (nSPS) is 17.8. The van der Waals surface area contributed by atoms with Crippen LogP contribution in [0.5, 0.6) is 0 Å². The van der Waals surface area contributed by atoms with Crippen LogP contribution in [0.15, 0.2) is 0 Å². The van der Waals surface area contributed by atoms with Gasteiger partial charge in [-0.05, 0) is 38.8 Å². The van der Waals surface area contributed by atoms with Crippen LogP contribution in [0, 0.1) is 5.41 Å². The molecule has 2 heterocycles. The van der Waals surface area contributed by atoms with E-state index in [9.17, 15) is 4.79 Å². The van der Waals surface area contributed by atoms with Gasteiger partial charge in [-0.1, -0.05) is 20.8 Å². The first-order chi connectivity index (χ1) is 9.59. The Morgan fingerprint density at radius 3 is 2.45 bits per heavy atom. The molecule has 0 spiro atoms. The summed E-state index contributed by atoms with van der Waals surface area (Å²) in [6, 6.07) is 0. The molecule has 2 rings (SSSR count). The van der Waals surface area contributed by atoms with Crippen LogP contribution >= 0.6 is 0 Å². The van der Waals surface area contributed by atoms with Crippen LogP contribution in [0.1, 0.15) is 45.0 Å². The average Bonchev–Trinajstić information content (AvgIpc) is 2.47. The lowest BCUT2D eigenvalue weighted by atomic mass is 9.80. The number of hydrogen-bond acceptors (Lipinski definition) is 5. The molecule has 110 valence electrons. The molecule has 0 aromatic carbocycles. The minimum absolute atomic E-state index is 0.00731. The first kappa shape index (κ1) is 14.8. The van der Waals surface area contributed by atoms with Gasteiger partial charge in [-0.15, -0.1) is 10.2 Å². The Bertz CT molecular complexity index is 482. The number of carbonyl (C=O) groups is 1. The molecule has 6 heteroatoms. The second kappa shape index (κ2) is 6.26. The van der Waals surface area contributed by atoms with Crippen molar-refractivity contribution in [3.05, 3.63) is 11.4 Å². The van der Waals surface area contributed by atoms with Crippen molar-refractivity contribution in [1.82, 2.24) is 20.5 Å². The van der Waals surface area contributed by atoms with Gasteiger partial charge < -0.3 is 5.32 Å². The molecule has 1 amide bonds. The maximum absolute atomic E-state index is 12.4. The second-order valence-electron chi connectivity index (χ2n) is 5.50. The third-order valence-corrected chi connectivity index (χ3v) is 3.99. The number of hydrogen-bond donors (Lipinski definition) is 2. The van der Waals surface area contributed by atoms with Gasteiger partial charge in [-0.2, -0.15) is 0 Å². The van der Waals surface area contributed by atoms with E-state index in [1.165, 1.54) is 0 Å². The van der Waals surface area contributed by atoms with Crippen molar-refractivity contribution < 1.29 is 4.79 Å². The third-order valence-electron chi connectivity index (χ3n) is 3.99. The number of aryl methyl sites for hydroxylation is 2. The standard InChI is InChI=1S/C14H23N5O/c1-4-10-11(5-2)18-19-13(16-10)17-12(20)14(3)6-8-15-9-7-14/h15H,4-9H2,1-3H3,(H,16,17,19,20). The molecule has 0 radical (unpaired) electrons. The lowest BCUT2D eigenvalue weighted by Crippen LogP contribution is -2.43. The Balaban J connectivity index is 2.11. The summed E-state index contributed by atoms with van der Waals surface area (Å²) in [5.74, 6) is 0.316. The molecule has 0 unspecified atom stereocenters. The van der Waals surface area contributed by atoms with Gasteiger partial charge in [-0.25, -0.2) is 4.98 Å². The highest BCUT2D eigenvalue weighted by molar-refractivity contribution is 5.93. The van der Waals surface area contributed by atoms with Gasteiger partial charge in [0.15, 0.2) is 0 Å². The quantitative estimate of drug-likeness (QED) is 0.867. The molecule has 1 fully saturated rings. The number of rotatable bonds is 4. The van der Waals surface area contributed by atoms with Crippen LogP contribution < -0.4 is 10.6 Å².